The average Bonchev–Trinajstić information content (AvgIpc) is 2.41. The maximum absolute atomic E-state index is 12.4. The summed E-state index contributed by atoms with van der Waals surface area (Å²) in [5, 5.41) is 0.872. The Kier molecular flexibility index (Phi) is 4.97. The van der Waals surface area contributed by atoms with E-state index in [2.05, 4.69) is 4.84 Å². The molecular weight excluding hydrogens is 344 g/mol. The van der Waals surface area contributed by atoms with Gasteiger partial charge in [-0.3, -0.25) is 0 Å². The number of hydrogen-bond donors (Lipinski definition) is 0. The minimum Gasteiger partial charge on any atom is -0.481 e. The zero-order valence-electron chi connectivity index (χ0n) is 12.3. The number of carbonyl (C=O) groups excluding carboxylic acids is 1. The Morgan fingerprint density at radius 1 is 1.12 bits per heavy atom. The number of hydrogen-bond acceptors (Lipinski definition) is 4. The number of alkyl halides is 6. The standard InChI is InChI=1S/C14H13F6NO3/c1-8(13(15,16)17)23-11-4-2-9(3-5-11)10-6-21(7-10)24-12(22)14(18,19)20/h2-5,8,10H,6-7H2,1H3. The van der Waals surface area contributed by atoms with Crippen molar-refractivity contribution in [1.29, 1.82) is 0 Å². The zero-order valence-corrected chi connectivity index (χ0v) is 12.3. The van der Waals surface area contributed by atoms with Gasteiger partial charge in [0.25, 0.3) is 0 Å². The van der Waals surface area contributed by atoms with Crippen molar-refractivity contribution in [2.24, 2.45) is 0 Å². The fourth-order valence-electron chi connectivity index (χ4n) is 1.98. The van der Waals surface area contributed by atoms with Crippen LogP contribution in [-0.4, -0.2) is 42.6 Å². The lowest BCUT2D eigenvalue weighted by atomic mass is 9.93. The summed E-state index contributed by atoms with van der Waals surface area (Å²) in [7, 11) is 0. The molecule has 0 amide bonds. The molecular formula is C14H13F6NO3. The predicted octanol–water partition coefficient (Wildman–Crippen LogP) is 3.44. The van der Waals surface area contributed by atoms with Gasteiger partial charge in [-0.1, -0.05) is 12.1 Å². The van der Waals surface area contributed by atoms with Crippen molar-refractivity contribution in [3.63, 3.8) is 0 Å². The van der Waals surface area contributed by atoms with Gasteiger partial charge in [-0.05, 0) is 24.6 Å². The molecule has 4 nitrogen and oxygen atoms in total. The minimum atomic E-state index is -5.06. The second kappa shape index (κ2) is 6.50. The summed E-state index contributed by atoms with van der Waals surface area (Å²) < 4.78 is 78.0. The molecule has 2 rings (SSSR count). The molecule has 1 saturated heterocycles. The van der Waals surface area contributed by atoms with Crippen molar-refractivity contribution < 1.29 is 40.7 Å². The summed E-state index contributed by atoms with van der Waals surface area (Å²) in [5.74, 6) is -2.44. The van der Waals surface area contributed by atoms with Gasteiger partial charge in [0.15, 0.2) is 6.10 Å². The molecule has 1 aliphatic heterocycles. The Balaban J connectivity index is 1.85. The lowest BCUT2D eigenvalue weighted by molar-refractivity contribution is -0.253. The smallest absolute Gasteiger partial charge is 0.481 e. The normalized spacial score (nSPS) is 18.0. The van der Waals surface area contributed by atoms with Crippen LogP contribution in [0.3, 0.4) is 0 Å². The first-order valence-corrected chi connectivity index (χ1v) is 6.84. The van der Waals surface area contributed by atoms with E-state index in [0.29, 0.717) is 5.56 Å². The molecule has 1 fully saturated rings. The second-order valence-electron chi connectivity index (χ2n) is 5.29. The summed E-state index contributed by atoms with van der Waals surface area (Å²) in [4.78, 5) is 14.8. The monoisotopic (exact) mass is 357 g/mol. The lowest BCUT2D eigenvalue weighted by Crippen LogP contribution is -2.47. The number of benzene rings is 1. The summed E-state index contributed by atoms with van der Waals surface area (Å²) in [6.45, 7) is 1.02. The van der Waals surface area contributed by atoms with Gasteiger partial charge in [0.2, 0.25) is 0 Å². The summed E-state index contributed by atoms with van der Waals surface area (Å²) >= 11 is 0. The minimum absolute atomic E-state index is 0.0308. The highest BCUT2D eigenvalue weighted by molar-refractivity contribution is 5.75. The van der Waals surface area contributed by atoms with Crippen LogP contribution in [0.2, 0.25) is 0 Å². The molecule has 0 radical (unpaired) electrons. The Bertz CT molecular complexity index is 578. The van der Waals surface area contributed by atoms with Gasteiger partial charge in [0, 0.05) is 19.0 Å². The van der Waals surface area contributed by atoms with Gasteiger partial charge in [-0.15, -0.1) is 5.06 Å². The Hall–Kier alpha value is -1.97. The number of halogens is 6. The second-order valence-corrected chi connectivity index (χ2v) is 5.29. The van der Waals surface area contributed by atoms with Crippen molar-refractivity contribution in [3.05, 3.63) is 29.8 Å². The van der Waals surface area contributed by atoms with Crippen molar-refractivity contribution in [3.8, 4) is 5.75 Å². The van der Waals surface area contributed by atoms with Crippen LogP contribution in [0.4, 0.5) is 26.3 Å². The zero-order chi connectivity index (χ0) is 18.1. The van der Waals surface area contributed by atoms with Crippen molar-refractivity contribution in [2.75, 3.05) is 13.1 Å². The van der Waals surface area contributed by atoms with E-state index in [1.54, 1.807) is 0 Å². The van der Waals surface area contributed by atoms with Gasteiger partial charge in [-0.2, -0.15) is 26.3 Å². The van der Waals surface area contributed by atoms with Gasteiger partial charge in [-0.25, -0.2) is 4.79 Å². The third-order valence-corrected chi connectivity index (χ3v) is 3.42. The van der Waals surface area contributed by atoms with Crippen molar-refractivity contribution >= 4 is 5.97 Å². The fourth-order valence-corrected chi connectivity index (χ4v) is 1.98. The SMILES string of the molecule is CC(Oc1ccc(C2CN(OC(=O)C(F)(F)F)C2)cc1)C(F)(F)F. The topological polar surface area (TPSA) is 38.8 Å². The molecule has 0 bridgehead atoms. The van der Waals surface area contributed by atoms with Gasteiger partial charge >= 0.3 is 18.3 Å². The number of carbonyl (C=O) groups is 1. The molecule has 1 aromatic rings. The van der Waals surface area contributed by atoms with Crippen LogP contribution in [-0.2, 0) is 9.63 Å². The largest absolute Gasteiger partial charge is 0.492 e. The van der Waals surface area contributed by atoms with E-state index in [-0.39, 0.29) is 24.8 Å². The van der Waals surface area contributed by atoms with E-state index in [4.69, 9.17) is 4.74 Å². The summed E-state index contributed by atoms with van der Waals surface area (Å²) in [6, 6.07) is 5.74. The molecule has 10 heteroatoms. The van der Waals surface area contributed by atoms with Crippen LogP contribution in [0.15, 0.2) is 24.3 Å². The Labute approximate surface area is 132 Å². The predicted molar refractivity (Wildman–Crippen MR) is 69.0 cm³/mol. The van der Waals surface area contributed by atoms with E-state index >= 15 is 0 Å². The van der Waals surface area contributed by atoms with Gasteiger partial charge < -0.3 is 9.57 Å². The molecule has 1 aromatic carbocycles. The first kappa shape index (κ1) is 18.4. The van der Waals surface area contributed by atoms with Gasteiger partial charge in [0.05, 0.1) is 0 Å². The average molecular weight is 357 g/mol. The molecule has 24 heavy (non-hydrogen) atoms. The third-order valence-electron chi connectivity index (χ3n) is 3.42. The fraction of sp³-hybridized carbons (Fsp3) is 0.500. The number of ether oxygens (including phenoxy) is 1. The summed E-state index contributed by atoms with van der Waals surface area (Å²) in [6.07, 6.45) is -11.5. The number of nitrogens with zero attached hydrogens (tertiary/aromatic N) is 1. The van der Waals surface area contributed by atoms with Crippen LogP contribution < -0.4 is 4.74 Å². The third kappa shape index (κ3) is 4.53. The molecule has 0 aromatic heterocycles. The first-order chi connectivity index (χ1) is 11.0. The first-order valence-electron chi connectivity index (χ1n) is 6.84. The van der Waals surface area contributed by atoms with Crippen LogP contribution in [0.1, 0.15) is 18.4 Å². The summed E-state index contributed by atoms with van der Waals surface area (Å²) in [5.41, 5.74) is 0.696. The molecule has 134 valence electrons. The highest BCUT2D eigenvalue weighted by atomic mass is 19.4. The number of hydroxylamine groups is 2. The lowest BCUT2D eigenvalue weighted by Gasteiger charge is -2.37. The molecule has 1 aliphatic rings. The van der Waals surface area contributed by atoms with E-state index in [1.807, 2.05) is 0 Å². The van der Waals surface area contributed by atoms with Crippen LogP contribution in [0, 0.1) is 0 Å². The van der Waals surface area contributed by atoms with Crippen molar-refractivity contribution in [1.82, 2.24) is 5.06 Å². The maximum Gasteiger partial charge on any atom is 0.492 e. The molecule has 0 spiro atoms. The molecule has 0 aliphatic carbocycles. The van der Waals surface area contributed by atoms with Crippen LogP contribution in [0.25, 0.3) is 0 Å². The maximum atomic E-state index is 12.4. The Morgan fingerprint density at radius 3 is 2.12 bits per heavy atom. The van der Waals surface area contributed by atoms with E-state index in [0.717, 1.165) is 12.0 Å². The van der Waals surface area contributed by atoms with E-state index in [9.17, 15) is 31.1 Å². The highest BCUT2D eigenvalue weighted by Crippen LogP contribution is 2.31. The molecule has 0 saturated carbocycles. The Morgan fingerprint density at radius 2 is 1.67 bits per heavy atom. The van der Waals surface area contributed by atoms with E-state index < -0.39 is 24.4 Å². The quantitative estimate of drug-likeness (QED) is 0.774. The highest BCUT2D eigenvalue weighted by Gasteiger charge is 2.44. The molecule has 1 unspecified atom stereocenters. The van der Waals surface area contributed by atoms with E-state index in [1.165, 1.54) is 24.3 Å². The molecule has 1 heterocycles. The van der Waals surface area contributed by atoms with Crippen LogP contribution >= 0.6 is 0 Å². The van der Waals surface area contributed by atoms with Crippen LogP contribution in [0.5, 0.6) is 5.75 Å². The van der Waals surface area contributed by atoms with Gasteiger partial charge in [0.1, 0.15) is 5.75 Å². The molecule has 0 N–H and O–H groups in total. The molecule has 1 atom stereocenters. The number of rotatable bonds is 4. The van der Waals surface area contributed by atoms with Crippen molar-refractivity contribution in [2.45, 2.75) is 31.3 Å².